The summed E-state index contributed by atoms with van der Waals surface area (Å²) in [5, 5.41) is 11.6. The summed E-state index contributed by atoms with van der Waals surface area (Å²) in [6.07, 6.45) is 1.34. The number of benzene rings is 1. The van der Waals surface area contributed by atoms with Gasteiger partial charge in [-0.15, -0.1) is 0 Å². The third-order valence-corrected chi connectivity index (χ3v) is 2.93. The maximum atomic E-state index is 11.7. The molecule has 1 fully saturated rings. The van der Waals surface area contributed by atoms with Gasteiger partial charge in [-0.25, -0.2) is 4.79 Å². The molecule has 0 spiro atoms. The Morgan fingerprint density at radius 1 is 1.44 bits per heavy atom. The number of ether oxygens (including phenoxy) is 1. The molecule has 0 unspecified atom stereocenters. The van der Waals surface area contributed by atoms with E-state index >= 15 is 0 Å². The van der Waals surface area contributed by atoms with Gasteiger partial charge in [-0.2, -0.15) is 0 Å². The van der Waals surface area contributed by atoms with Gasteiger partial charge in [0.05, 0.1) is 12.6 Å². The predicted molar refractivity (Wildman–Crippen MR) is 64.7 cm³/mol. The van der Waals surface area contributed by atoms with E-state index in [1.807, 2.05) is 0 Å². The Hall–Kier alpha value is -2.08. The number of nitrogens with one attached hydrogen (secondary N) is 1. The first-order valence-corrected chi connectivity index (χ1v) is 5.48. The van der Waals surface area contributed by atoms with E-state index in [4.69, 9.17) is 15.6 Å². The topological polar surface area (TPSA) is 102 Å². The molecule has 1 aromatic carbocycles. The van der Waals surface area contributed by atoms with Crippen LogP contribution in [-0.2, 0) is 4.79 Å². The summed E-state index contributed by atoms with van der Waals surface area (Å²) in [5.74, 6) is -1.14. The third-order valence-electron chi connectivity index (χ3n) is 2.93. The number of rotatable bonds is 4. The lowest BCUT2D eigenvalue weighted by Crippen LogP contribution is -2.37. The van der Waals surface area contributed by atoms with Crippen LogP contribution in [0.4, 0.5) is 5.69 Å². The highest BCUT2D eigenvalue weighted by Gasteiger charge is 2.45. The summed E-state index contributed by atoms with van der Waals surface area (Å²) in [6, 6.07) is 4.36. The van der Waals surface area contributed by atoms with Crippen LogP contribution in [0.2, 0.25) is 0 Å². The predicted octanol–water partition coefficient (Wildman–Crippen LogP) is 0.823. The minimum Gasteiger partial charge on any atom is -0.496 e. The van der Waals surface area contributed by atoms with Gasteiger partial charge in [0.2, 0.25) is 5.91 Å². The van der Waals surface area contributed by atoms with Crippen LogP contribution < -0.4 is 15.8 Å². The lowest BCUT2D eigenvalue weighted by Gasteiger charge is -2.12. The monoisotopic (exact) mass is 250 g/mol. The molecule has 1 aliphatic carbocycles. The standard InChI is InChI=1S/C12H14N2O4/c1-18-9-6-7(2-3-8(9)10(15)16)14-11(17)12(13)4-5-12/h2-3,6H,4-5,13H2,1H3,(H,14,17)(H,15,16). The van der Waals surface area contributed by atoms with E-state index in [2.05, 4.69) is 5.32 Å². The number of methoxy groups -OCH3 is 1. The molecule has 18 heavy (non-hydrogen) atoms. The van der Waals surface area contributed by atoms with Crippen molar-refractivity contribution in [3.8, 4) is 5.75 Å². The molecule has 6 heteroatoms. The fourth-order valence-electron chi connectivity index (χ4n) is 1.56. The average Bonchev–Trinajstić information content (AvgIpc) is 3.08. The van der Waals surface area contributed by atoms with Crippen molar-refractivity contribution in [3.05, 3.63) is 23.8 Å². The van der Waals surface area contributed by atoms with E-state index in [0.29, 0.717) is 18.5 Å². The van der Waals surface area contributed by atoms with Crippen molar-refractivity contribution in [2.75, 3.05) is 12.4 Å². The number of hydrogen-bond acceptors (Lipinski definition) is 4. The summed E-state index contributed by atoms with van der Waals surface area (Å²) >= 11 is 0. The molecule has 0 saturated heterocycles. The van der Waals surface area contributed by atoms with Crippen molar-refractivity contribution in [2.45, 2.75) is 18.4 Å². The Bertz CT molecular complexity index is 509. The van der Waals surface area contributed by atoms with Gasteiger partial charge >= 0.3 is 5.97 Å². The first kappa shape index (κ1) is 12.4. The summed E-state index contributed by atoms with van der Waals surface area (Å²) < 4.78 is 4.97. The number of hydrogen-bond donors (Lipinski definition) is 3. The molecule has 0 heterocycles. The van der Waals surface area contributed by atoms with Crippen molar-refractivity contribution in [1.82, 2.24) is 0 Å². The molecular formula is C12H14N2O4. The Morgan fingerprint density at radius 2 is 2.11 bits per heavy atom. The molecule has 1 aromatic rings. The molecule has 1 aliphatic rings. The number of carbonyl (C=O) groups is 2. The highest BCUT2D eigenvalue weighted by molar-refractivity contribution is 6.00. The number of aromatic carboxylic acids is 1. The summed E-state index contributed by atoms with van der Waals surface area (Å²) in [5.41, 5.74) is 5.50. The van der Waals surface area contributed by atoms with Crippen molar-refractivity contribution in [3.63, 3.8) is 0 Å². The second kappa shape index (κ2) is 4.30. The molecule has 0 atom stereocenters. The van der Waals surface area contributed by atoms with Gasteiger partial charge in [-0.05, 0) is 25.0 Å². The van der Waals surface area contributed by atoms with Gasteiger partial charge in [0.15, 0.2) is 0 Å². The van der Waals surface area contributed by atoms with Crippen molar-refractivity contribution < 1.29 is 19.4 Å². The van der Waals surface area contributed by atoms with Gasteiger partial charge < -0.3 is 20.9 Å². The van der Waals surface area contributed by atoms with Gasteiger partial charge in [-0.3, -0.25) is 4.79 Å². The minimum absolute atomic E-state index is 0.0457. The molecule has 0 aromatic heterocycles. The highest BCUT2D eigenvalue weighted by Crippen LogP contribution is 2.33. The van der Waals surface area contributed by atoms with E-state index < -0.39 is 11.5 Å². The Labute approximate surface area is 104 Å². The Balaban J connectivity index is 2.19. The number of nitrogens with two attached hydrogens (primary N) is 1. The van der Waals surface area contributed by atoms with Crippen LogP contribution >= 0.6 is 0 Å². The molecule has 1 saturated carbocycles. The molecule has 4 N–H and O–H groups in total. The fraction of sp³-hybridized carbons (Fsp3) is 0.333. The van der Waals surface area contributed by atoms with Crippen molar-refractivity contribution in [1.29, 1.82) is 0 Å². The van der Waals surface area contributed by atoms with E-state index in [1.54, 1.807) is 0 Å². The maximum absolute atomic E-state index is 11.7. The van der Waals surface area contributed by atoms with Crippen LogP contribution in [0.15, 0.2) is 18.2 Å². The molecule has 0 bridgehead atoms. The maximum Gasteiger partial charge on any atom is 0.339 e. The van der Waals surface area contributed by atoms with E-state index in [9.17, 15) is 9.59 Å². The molecule has 6 nitrogen and oxygen atoms in total. The molecule has 1 amide bonds. The van der Waals surface area contributed by atoms with Crippen molar-refractivity contribution >= 4 is 17.6 Å². The highest BCUT2D eigenvalue weighted by atomic mass is 16.5. The van der Waals surface area contributed by atoms with Crippen LogP contribution in [0, 0.1) is 0 Å². The van der Waals surface area contributed by atoms with Gasteiger partial charge in [0.1, 0.15) is 11.3 Å². The molecule has 2 rings (SSSR count). The minimum atomic E-state index is -1.08. The molecule has 0 radical (unpaired) electrons. The Kier molecular flexibility index (Phi) is 2.96. The van der Waals surface area contributed by atoms with Crippen LogP contribution in [0.5, 0.6) is 5.75 Å². The van der Waals surface area contributed by atoms with Crippen molar-refractivity contribution in [2.24, 2.45) is 5.73 Å². The largest absolute Gasteiger partial charge is 0.496 e. The lowest BCUT2D eigenvalue weighted by atomic mass is 10.1. The van der Waals surface area contributed by atoms with Crippen LogP contribution in [-0.4, -0.2) is 29.6 Å². The van der Waals surface area contributed by atoms with E-state index in [1.165, 1.54) is 25.3 Å². The van der Waals surface area contributed by atoms with E-state index in [-0.39, 0.29) is 17.2 Å². The van der Waals surface area contributed by atoms with Crippen LogP contribution in [0.3, 0.4) is 0 Å². The van der Waals surface area contributed by atoms with Crippen LogP contribution in [0.1, 0.15) is 23.2 Å². The van der Waals surface area contributed by atoms with E-state index in [0.717, 1.165) is 0 Å². The molecule has 0 aliphatic heterocycles. The third kappa shape index (κ3) is 2.28. The number of anilines is 1. The molecule has 96 valence electrons. The second-order valence-electron chi connectivity index (χ2n) is 4.33. The summed E-state index contributed by atoms with van der Waals surface area (Å²) in [6.45, 7) is 0. The van der Waals surface area contributed by atoms with Gasteiger partial charge in [0, 0.05) is 11.8 Å². The Morgan fingerprint density at radius 3 is 2.61 bits per heavy atom. The van der Waals surface area contributed by atoms with Gasteiger partial charge in [-0.1, -0.05) is 0 Å². The molecular weight excluding hydrogens is 236 g/mol. The zero-order valence-corrected chi connectivity index (χ0v) is 9.90. The summed E-state index contributed by atoms with van der Waals surface area (Å²) in [7, 11) is 1.37. The normalized spacial score (nSPS) is 15.9. The first-order chi connectivity index (χ1) is 8.46. The number of carbonyl (C=O) groups excluding carboxylic acids is 1. The zero-order chi connectivity index (χ0) is 13.3. The number of carboxylic acids is 1. The van der Waals surface area contributed by atoms with Crippen LogP contribution in [0.25, 0.3) is 0 Å². The SMILES string of the molecule is COc1cc(NC(=O)C2(N)CC2)ccc1C(=O)O. The fourth-order valence-corrected chi connectivity index (χ4v) is 1.56. The number of amides is 1. The quantitative estimate of drug-likeness (QED) is 0.734. The smallest absolute Gasteiger partial charge is 0.339 e. The van der Waals surface area contributed by atoms with Gasteiger partial charge in [0.25, 0.3) is 0 Å². The number of carboxylic acid groups (broad SMARTS) is 1. The zero-order valence-electron chi connectivity index (χ0n) is 9.90. The first-order valence-electron chi connectivity index (χ1n) is 5.48. The lowest BCUT2D eigenvalue weighted by molar-refractivity contribution is -0.118. The second-order valence-corrected chi connectivity index (χ2v) is 4.33. The average molecular weight is 250 g/mol. The summed E-state index contributed by atoms with van der Waals surface area (Å²) in [4.78, 5) is 22.6.